The number of nitrogens with one attached hydrogen (secondary N) is 1. The van der Waals surface area contributed by atoms with Gasteiger partial charge in [-0.05, 0) is 0 Å². The summed E-state index contributed by atoms with van der Waals surface area (Å²) < 4.78 is 52.1. The van der Waals surface area contributed by atoms with E-state index in [1.165, 1.54) is 0 Å². The monoisotopic (exact) mass is 508 g/mol. The summed E-state index contributed by atoms with van der Waals surface area (Å²) in [6.07, 6.45) is -3.74. The molecular formula is C9H15B3ClFN2O11P2S. The fourth-order valence-corrected chi connectivity index (χ4v) is 5.06. The molecule has 0 radical (unpaired) electrons. The molecule has 0 bridgehead atoms. The summed E-state index contributed by atoms with van der Waals surface area (Å²) in [5, 5.41) is 17.9. The lowest BCUT2D eigenvalue weighted by Crippen LogP contribution is -2.60. The Morgan fingerprint density at radius 2 is 1.87 bits per heavy atom. The second-order valence-corrected chi connectivity index (χ2v) is 10.5. The maximum absolute atomic E-state index is 15.8. The van der Waals surface area contributed by atoms with E-state index >= 15 is 4.39 Å². The van der Waals surface area contributed by atoms with Crippen molar-refractivity contribution in [3.05, 3.63) is 26.3 Å². The zero-order chi connectivity index (χ0) is 23.5. The van der Waals surface area contributed by atoms with Crippen molar-refractivity contribution in [2.45, 2.75) is 29.1 Å². The van der Waals surface area contributed by atoms with Crippen LogP contribution in [0.2, 0.25) is 5.02 Å². The van der Waals surface area contributed by atoms with E-state index < -0.39 is 50.4 Å². The first-order chi connectivity index (χ1) is 13.3. The smallest absolute Gasteiger partial charge is 0.386 e. The Bertz CT molecular complexity index is 1070. The molecule has 1 aliphatic heterocycles. The number of H-pyrrole nitrogens is 1. The van der Waals surface area contributed by atoms with Gasteiger partial charge in [-0.3, -0.25) is 14.1 Å². The largest absolute Gasteiger partial charge is 0.480 e. The van der Waals surface area contributed by atoms with E-state index in [1.54, 1.807) is 0 Å². The lowest BCUT2D eigenvalue weighted by atomic mass is 9.59. The van der Waals surface area contributed by atoms with Crippen molar-refractivity contribution in [3.8, 4) is 0 Å². The number of hydrogen-bond acceptors (Lipinski definition) is 9. The van der Waals surface area contributed by atoms with Gasteiger partial charge in [-0.2, -0.15) is 4.31 Å². The number of halogens is 2. The molecule has 0 aliphatic carbocycles. The highest BCUT2D eigenvalue weighted by molar-refractivity contribution is 7.71. The van der Waals surface area contributed by atoms with Crippen molar-refractivity contribution in [3.63, 3.8) is 0 Å². The van der Waals surface area contributed by atoms with Crippen LogP contribution in [0.15, 0.2) is 11.0 Å². The number of aliphatic hydroxyl groups is 2. The molecule has 0 spiro atoms. The van der Waals surface area contributed by atoms with Crippen LogP contribution < -0.4 is 5.69 Å². The highest BCUT2D eigenvalue weighted by Gasteiger charge is 2.69. The Balaban J connectivity index is 2.51. The standard InChI is InChI=1S/C9H15B3ClFN2O11P2S/c10-8(16-1-2(13)5(30)15-6(16)19)4(18)3(17)7(14,25-8)9(11,12)26-29(23,24)27-28(20,21)22/h1,3-4,17-18H,10-12H2,(H,23,24)(H,15,19,30)(H2,20,21,22)/t3-,4+,7-,8-/m0/s1. The maximum Gasteiger partial charge on any atom is 0.480 e. The highest BCUT2D eigenvalue weighted by Crippen LogP contribution is 2.61. The second-order valence-electron chi connectivity index (χ2n) is 6.94. The molecule has 1 fully saturated rings. The lowest BCUT2D eigenvalue weighted by Gasteiger charge is -2.40. The number of phosphoric acid groups is 2. The molecule has 0 saturated carbocycles. The highest BCUT2D eigenvalue weighted by atomic mass is 35.5. The zero-order valence-corrected chi connectivity index (χ0v) is 18.8. The predicted octanol–water partition coefficient (Wildman–Crippen LogP) is -3.63. The van der Waals surface area contributed by atoms with E-state index in [0.29, 0.717) is 4.57 Å². The van der Waals surface area contributed by atoms with Gasteiger partial charge in [0.2, 0.25) is 0 Å². The first-order valence-electron chi connectivity index (χ1n) is 7.83. The molecule has 30 heavy (non-hydrogen) atoms. The molecule has 1 unspecified atom stereocenters. The Hall–Kier alpha value is -0.345. The lowest BCUT2D eigenvalue weighted by molar-refractivity contribution is -0.239. The summed E-state index contributed by atoms with van der Waals surface area (Å²) in [6, 6.07) is 0. The van der Waals surface area contributed by atoms with Gasteiger partial charge in [0.25, 0.3) is 5.85 Å². The summed E-state index contributed by atoms with van der Waals surface area (Å²) in [5.74, 6) is -3.50. The average Bonchev–Trinajstić information content (AvgIpc) is 2.70. The second kappa shape index (κ2) is 7.90. The van der Waals surface area contributed by atoms with E-state index in [0.717, 1.165) is 29.7 Å². The van der Waals surface area contributed by atoms with Crippen molar-refractivity contribution >= 4 is 63.0 Å². The number of rotatable bonds is 6. The van der Waals surface area contributed by atoms with Crippen molar-refractivity contribution in [2.24, 2.45) is 0 Å². The van der Waals surface area contributed by atoms with Gasteiger partial charge in [0, 0.05) is 6.20 Å². The molecule has 0 amide bonds. The summed E-state index contributed by atoms with van der Waals surface area (Å²) in [6.45, 7) is 0. The molecule has 5 atom stereocenters. The predicted molar refractivity (Wildman–Crippen MR) is 108 cm³/mol. The van der Waals surface area contributed by atoms with Gasteiger partial charge in [0.15, 0.2) is 7.85 Å². The number of aromatic nitrogens is 2. The maximum atomic E-state index is 15.8. The molecule has 166 valence electrons. The van der Waals surface area contributed by atoms with E-state index in [2.05, 4.69) is 13.8 Å². The van der Waals surface area contributed by atoms with Crippen molar-refractivity contribution < 1.29 is 52.0 Å². The molecule has 21 heteroatoms. The number of nitrogens with zero attached hydrogens (tertiary/aromatic N) is 1. The first kappa shape index (κ1) is 25.9. The molecule has 2 rings (SSSR count). The van der Waals surface area contributed by atoms with Crippen LogP contribution in [0, 0.1) is 4.64 Å². The van der Waals surface area contributed by atoms with Gasteiger partial charge >= 0.3 is 21.3 Å². The quantitative estimate of drug-likeness (QED) is 0.125. The van der Waals surface area contributed by atoms with Crippen molar-refractivity contribution in [2.75, 3.05) is 0 Å². The van der Waals surface area contributed by atoms with Gasteiger partial charge in [-0.1, -0.05) is 23.8 Å². The van der Waals surface area contributed by atoms with Crippen LogP contribution in [0.1, 0.15) is 0 Å². The van der Waals surface area contributed by atoms with Crippen LogP contribution in [0.5, 0.6) is 0 Å². The molecule has 0 aromatic carbocycles. The van der Waals surface area contributed by atoms with Gasteiger partial charge in [-0.25, -0.2) is 18.3 Å². The van der Waals surface area contributed by atoms with Gasteiger partial charge in [0.05, 0.1) is 10.4 Å². The number of alkyl halides is 1. The Morgan fingerprint density at radius 3 is 2.37 bits per heavy atom. The van der Waals surface area contributed by atoms with Crippen molar-refractivity contribution in [1.29, 1.82) is 0 Å². The number of aliphatic hydroxyl groups excluding tert-OH is 2. The van der Waals surface area contributed by atoms with Crippen LogP contribution in [0.4, 0.5) is 4.39 Å². The fourth-order valence-electron chi connectivity index (χ4n) is 2.87. The summed E-state index contributed by atoms with van der Waals surface area (Å²) >= 11 is 10.6. The topological polar surface area (TPSA) is 201 Å². The van der Waals surface area contributed by atoms with Crippen LogP contribution in [-0.2, 0) is 28.3 Å². The number of phosphoric ester groups is 1. The summed E-state index contributed by atoms with van der Waals surface area (Å²) in [5.41, 5.74) is -3.34. The third-order valence-corrected chi connectivity index (χ3v) is 7.42. The van der Waals surface area contributed by atoms with E-state index in [9.17, 15) is 29.0 Å². The van der Waals surface area contributed by atoms with Crippen LogP contribution in [-0.4, -0.2) is 81.4 Å². The molecule has 1 aromatic heterocycles. The fraction of sp³-hybridized carbons (Fsp3) is 0.556. The number of ether oxygens (including phenoxy) is 1. The Labute approximate surface area is 180 Å². The summed E-state index contributed by atoms with van der Waals surface area (Å²) in [7, 11) is -8.59. The first-order valence-corrected chi connectivity index (χ1v) is 11.6. The SMILES string of the molecule is BC(B)(OP(=O)(O)OP(=O)(O)O)[C@@]1(F)O[C@@](B)(n2cc(Cl)c(=S)[nH]c2=O)[C@H](O)[C@@H]1O. The molecule has 1 saturated heterocycles. The molecule has 13 nitrogen and oxygen atoms in total. The molecule has 1 aliphatic rings. The van der Waals surface area contributed by atoms with E-state index in [1.807, 2.05) is 0 Å². The normalized spacial score (nSPS) is 32.1. The van der Waals surface area contributed by atoms with Crippen LogP contribution in [0.3, 0.4) is 0 Å². The molecular weight excluding hydrogens is 493 g/mol. The average molecular weight is 508 g/mol. The Kier molecular flexibility index (Phi) is 6.83. The third-order valence-electron chi connectivity index (χ3n) is 4.33. The van der Waals surface area contributed by atoms with E-state index in [-0.39, 0.29) is 9.66 Å². The molecule has 1 aromatic rings. The van der Waals surface area contributed by atoms with Gasteiger partial charge < -0.3 is 29.6 Å². The molecule has 2 heterocycles. The van der Waals surface area contributed by atoms with Gasteiger partial charge in [0.1, 0.15) is 38.2 Å². The third kappa shape index (κ3) is 4.70. The molecule has 6 N–H and O–H groups in total. The zero-order valence-electron chi connectivity index (χ0n) is 15.4. The minimum Gasteiger partial charge on any atom is -0.386 e. The summed E-state index contributed by atoms with van der Waals surface area (Å²) in [4.78, 5) is 41.3. The Morgan fingerprint density at radius 1 is 1.33 bits per heavy atom. The van der Waals surface area contributed by atoms with E-state index in [4.69, 9.17) is 38.3 Å². The van der Waals surface area contributed by atoms with Gasteiger partial charge in [-0.15, -0.1) is 0 Å². The van der Waals surface area contributed by atoms with Crippen molar-refractivity contribution in [1.82, 2.24) is 9.55 Å². The van der Waals surface area contributed by atoms with Crippen LogP contribution >= 0.6 is 39.5 Å². The number of aromatic amines is 1. The van der Waals surface area contributed by atoms with Crippen LogP contribution in [0.25, 0.3) is 0 Å². The minimum atomic E-state index is -5.60. The number of hydrogen-bond donors (Lipinski definition) is 6. The minimum absolute atomic E-state index is 0.166.